The maximum atomic E-state index is 11.8. The van der Waals surface area contributed by atoms with Crippen LogP contribution in [-0.4, -0.2) is 10.8 Å². The van der Waals surface area contributed by atoms with Crippen LogP contribution < -0.4 is 0 Å². The van der Waals surface area contributed by atoms with Gasteiger partial charge in [0.1, 0.15) is 0 Å². The molecule has 2 rings (SSSR count). The normalized spacial score (nSPS) is 10.7. The SMILES string of the molecule is Cc1ccc(-c2ccc(C(=O)C(C)C)cc2)cn1. The van der Waals surface area contributed by atoms with Gasteiger partial charge >= 0.3 is 0 Å². The van der Waals surface area contributed by atoms with E-state index in [1.165, 1.54) is 0 Å². The van der Waals surface area contributed by atoms with Crippen LogP contribution in [0, 0.1) is 12.8 Å². The first kappa shape index (κ1) is 12.5. The molecule has 0 amide bonds. The molecule has 0 saturated heterocycles. The predicted octanol–water partition coefficient (Wildman–Crippen LogP) is 3.90. The summed E-state index contributed by atoms with van der Waals surface area (Å²) in [4.78, 5) is 16.1. The second-order valence-corrected chi connectivity index (χ2v) is 4.78. The van der Waals surface area contributed by atoms with Crippen molar-refractivity contribution in [2.24, 2.45) is 5.92 Å². The Kier molecular flexibility index (Phi) is 3.56. The molecule has 0 unspecified atom stereocenters. The Morgan fingerprint density at radius 2 is 1.61 bits per heavy atom. The zero-order valence-electron chi connectivity index (χ0n) is 11.0. The fourth-order valence-electron chi connectivity index (χ4n) is 1.80. The van der Waals surface area contributed by atoms with Crippen LogP contribution in [0.2, 0.25) is 0 Å². The molecule has 0 atom stereocenters. The molecule has 1 aromatic carbocycles. The van der Waals surface area contributed by atoms with Crippen LogP contribution in [0.3, 0.4) is 0 Å². The van der Waals surface area contributed by atoms with Crippen LogP contribution in [0.5, 0.6) is 0 Å². The van der Waals surface area contributed by atoms with E-state index in [1.807, 2.05) is 63.4 Å². The van der Waals surface area contributed by atoms with Crippen LogP contribution in [0.15, 0.2) is 42.6 Å². The van der Waals surface area contributed by atoms with E-state index in [4.69, 9.17) is 0 Å². The molecular formula is C16H17NO. The van der Waals surface area contributed by atoms with Crippen molar-refractivity contribution in [3.05, 3.63) is 53.9 Å². The molecule has 0 aliphatic heterocycles. The molecule has 0 aliphatic rings. The lowest BCUT2D eigenvalue weighted by Crippen LogP contribution is -2.06. The lowest BCUT2D eigenvalue weighted by atomic mass is 9.98. The zero-order valence-corrected chi connectivity index (χ0v) is 11.0. The second-order valence-electron chi connectivity index (χ2n) is 4.78. The highest BCUT2D eigenvalue weighted by Crippen LogP contribution is 2.20. The minimum atomic E-state index is 0.0388. The third-order valence-electron chi connectivity index (χ3n) is 2.94. The van der Waals surface area contributed by atoms with Crippen molar-refractivity contribution in [1.29, 1.82) is 0 Å². The van der Waals surface area contributed by atoms with Crippen LogP contribution in [0.1, 0.15) is 29.9 Å². The Morgan fingerprint density at radius 3 is 2.11 bits per heavy atom. The molecule has 1 heterocycles. The van der Waals surface area contributed by atoms with Gasteiger partial charge in [-0.3, -0.25) is 9.78 Å². The lowest BCUT2D eigenvalue weighted by Gasteiger charge is -2.06. The number of hydrogen-bond donors (Lipinski definition) is 0. The number of aromatic nitrogens is 1. The number of Topliss-reactive ketones (excluding diaryl/α,β-unsaturated/α-hetero) is 1. The van der Waals surface area contributed by atoms with Gasteiger partial charge in [0.25, 0.3) is 0 Å². The largest absolute Gasteiger partial charge is 0.294 e. The average molecular weight is 239 g/mol. The number of ketones is 1. The van der Waals surface area contributed by atoms with Crippen molar-refractivity contribution in [2.45, 2.75) is 20.8 Å². The highest BCUT2D eigenvalue weighted by Gasteiger charge is 2.10. The minimum Gasteiger partial charge on any atom is -0.294 e. The fraction of sp³-hybridized carbons (Fsp3) is 0.250. The zero-order chi connectivity index (χ0) is 13.1. The first-order chi connectivity index (χ1) is 8.58. The van der Waals surface area contributed by atoms with E-state index in [1.54, 1.807) is 0 Å². The van der Waals surface area contributed by atoms with E-state index in [0.717, 1.165) is 22.4 Å². The number of carbonyl (C=O) groups is 1. The van der Waals surface area contributed by atoms with E-state index in [9.17, 15) is 4.79 Å². The van der Waals surface area contributed by atoms with Gasteiger partial charge in [-0.15, -0.1) is 0 Å². The molecular weight excluding hydrogens is 222 g/mol. The molecule has 2 nitrogen and oxygen atoms in total. The van der Waals surface area contributed by atoms with Gasteiger partial charge < -0.3 is 0 Å². The number of benzene rings is 1. The maximum absolute atomic E-state index is 11.8. The Morgan fingerprint density at radius 1 is 1.00 bits per heavy atom. The molecule has 0 spiro atoms. The molecule has 2 heteroatoms. The van der Waals surface area contributed by atoms with Crippen molar-refractivity contribution in [3.8, 4) is 11.1 Å². The topological polar surface area (TPSA) is 30.0 Å². The summed E-state index contributed by atoms with van der Waals surface area (Å²) in [6, 6.07) is 11.8. The van der Waals surface area contributed by atoms with Gasteiger partial charge in [0, 0.05) is 28.9 Å². The highest BCUT2D eigenvalue weighted by atomic mass is 16.1. The molecule has 0 fully saturated rings. The summed E-state index contributed by atoms with van der Waals surface area (Å²) in [7, 11) is 0. The van der Waals surface area contributed by atoms with E-state index in [-0.39, 0.29) is 11.7 Å². The third kappa shape index (κ3) is 2.65. The van der Waals surface area contributed by atoms with Crippen molar-refractivity contribution < 1.29 is 4.79 Å². The minimum absolute atomic E-state index is 0.0388. The number of aryl methyl sites for hydroxylation is 1. The highest BCUT2D eigenvalue weighted by molar-refractivity contribution is 5.97. The summed E-state index contributed by atoms with van der Waals surface area (Å²) in [5.41, 5.74) is 3.94. The fourth-order valence-corrected chi connectivity index (χ4v) is 1.80. The summed E-state index contributed by atoms with van der Waals surface area (Å²) in [5.74, 6) is 0.223. The molecule has 1 aromatic heterocycles. The number of pyridine rings is 1. The Balaban J connectivity index is 2.27. The van der Waals surface area contributed by atoms with Crippen molar-refractivity contribution in [1.82, 2.24) is 4.98 Å². The van der Waals surface area contributed by atoms with Gasteiger partial charge in [0.15, 0.2) is 5.78 Å². The predicted molar refractivity (Wildman–Crippen MR) is 73.6 cm³/mol. The summed E-state index contributed by atoms with van der Waals surface area (Å²) in [6.45, 7) is 5.80. The molecule has 0 aliphatic carbocycles. The van der Waals surface area contributed by atoms with E-state index in [0.29, 0.717) is 0 Å². The first-order valence-corrected chi connectivity index (χ1v) is 6.15. The van der Waals surface area contributed by atoms with Crippen molar-refractivity contribution in [3.63, 3.8) is 0 Å². The van der Waals surface area contributed by atoms with Crippen molar-refractivity contribution in [2.75, 3.05) is 0 Å². The maximum Gasteiger partial charge on any atom is 0.165 e. The Bertz CT molecular complexity index is 538. The molecule has 18 heavy (non-hydrogen) atoms. The van der Waals surface area contributed by atoms with Gasteiger partial charge in [-0.25, -0.2) is 0 Å². The van der Waals surface area contributed by atoms with E-state index >= 15 is 0 Å². The van der Waals surface area contributed by atoms with Crippen LogP contribution in [0.4, 0.5) is 0 Å². The molecule has 0 N–H and O–H groups in total. The standard InChI is InChI=1S/C16H17NO/c1-11(2)16(18)14-8-6-13(7-9-14)15-5-4-12(3)17-10-15/h4-11H,1-3H3. The van der Waals surface area contributed by atoms with E-state index in [2.05, 4.69) is 4.98 Å². The molecule has 0 saturated carbocycles. The molecule has 92 valence electrons. The Hall–Kier alpha value is -1.96. The van der Waals surface area contributed by atoms with Gasteiger partial charge in [-0.05, 0) is 18.6 Å². The summed E-state index contributed by atoms with van der Waals surface area (Å²) in [5, 5.41) is 0. The van der Waals surface area contributed by atoms with Gasteiger partial charge in [-0.1, -0.05) is 44.2 Å². The van der Waals surface area contributed by atoms with Crippen LogP contribution in [-0.2, 0) is 0 Å². The number of rotatable bonds is 3. The summed E-state index contributed by atoms with van der Waals surface area (Å²) < 4.78 is 0. The number of carbonyl (C=O) groups excluding carboxylic acids is 1. The quantitative estimate of drug-likeness (QED) is 0.760. The van der Waals surface area contributed by atoms with E-state index < -0.39 is 0 Å². The van der Waals surface area contributed by atoms with Gasteiger partial charge in [0.2, 0.25) is 0 Å². The average Bonchev–Trinajstić information content (AvgIpc) is 2.39. The van der Waals surface area contributed by atoms with Crippen LogP contribution >= 0.6 is 0 Å². The van der Waals surface area contributed by atoms with Crippen molar-refractivity contribution >= 4 is 5.78 Å². The third-order valence-corrected chi connectivity index (χ3v) is 2.94. The molecule has 0 radical (unpaired) electrons. The summed E-state index contributed by atoms with van der Waals surface area (Å²) >= 11 is 0. The van der Waals surface area contributed by atoms with Gasteiger partial charge in [-0.2, -0.15) is 0 Å². The lowest BCUT2D eigenvalue weighted by molar-refractivity contribution is 0.0939. The number of nitrogens with zero attached hydrogens (tertiary/aromatic N) is 1. The second kappa shape index (κ2) is 5.13. The first-order valence-electron chi connectivity index (χ1n) is 6.15. The monoisotopic (exact) mass is 239 g/mol. The number of hydrogen-bond acceptors (Lipinski definition) is 2. The van der Waals surface area contributed by atoms with Crippen LogP contribution in [0.25, 0.3) is 11.1 Å². The smallest absolute Gasteiger partial charge is 0.165 e. The summed E-state index contributed by atoms with van der Waals surface area (Å²) in [6.07, 6.45) is 1.86. The molecule has 2 aromatic rings. The molecule has 0 bridgehead atoms. The van der Waals surface area contributed by atoms with Gasteiger partial charge in [0.05, 0.1) is 0 Å². The Labute approximate surface area is 108 Å².